The number of nitrogens with zero attached hydrogens (tertiary/aromatic N) is 2. The number of esters is 1. The number of hydrogen-bond acceptors (Lipinski definition) is 4. The molecule has 110 valence electrons. The number of carbonyl (C=O) groups is 2. The Morgan fingerprint density at radius 3 is 2.60 bits per heavy atom. The minimum absolute atomic E-state index is 0.129. The molecule has 0 saturated carbocycles. The average Bonchev–Trinajstić information content (AvgIpc) is 2.42. The van der Waals surface area contributed by atoms with Gasteiger partial charge in [-0.25, -0.2) is 4.98 Å². The number of aromatic nitrogens is 1. The van der Waals surface area contributed by atoms with Crippen molar-refractivity contribution in [3.05, 3.63) is 29.8 Å². The molecule has 1 amide bonds. The van der Waals surface area contributed by atoms with Crippen LogP contribution in [-0.2, 0) is 9.53 Å². The third-order valence-corrected chi connectivity index (χ3v) is 2.66. The number of ether oxygens (including phenoxy) is 1. The minimum Gasteiger partial charge on any atom is -0.469 e. The fraction of sp³-hybridized carbons (Fsp3) is 0.500. The highest BCUT2D eigenvalue weighted by molar-refractivity contribution is 5.94. The molecule has 1 aromatic heterocycles. The van der Waals surface area contributed by atoms with Gasteiger partial charge in [0.15, 0.2) is 0 Å². The number of halogens is 1. The van der Waals surface area contributed by atoms with Gasteiger partial charge in [0.1, 0.15) is 0 Å². The van der Waals surface area contributed by atoms with Crippen LogP contribution >= 0.6 is 0 Å². The first-order valence-corrected chi connectivity index (χ1v) is 6.41. The highest BCUT2D eigenvalue weighted by Gasteiger charge is 2.18. The number of rotatable bonds is 6. The lowest BCUT2D eigenvalue weighted by molar-refractivity contribution is -0.140. The molecule has 0 atom stereocenters. The van der Waals surface area contributed by atoms with Crippen LogP contribution in [0.4, 0.5) is 4.39 Å². The van der Waals surface area contributed by atoms with Gasteiger partial charge in [0, 0.05) is 19.3 Å². The number of methoxy groups -OCH3 is 1. The van der Waals surface area contributed by atoms with Crippen molar-refractivity contribution in [3.8, 4) is 0 Å². The van der Waals surface area contributed by atoms with Gasteiger partial charge in [-0.05, 0) is 18.1 Å². The van der Waals surface area contributed by atoms with Crippen LogP contribution in [0.25, 0.3) is 0 Å². The first kappa shape index (κ1) is 16.1. The smallest absolute Gasteiger partial charge is 0.307 e. The summed E-state index contributed by atoms with van der Waals surface area (Å²) in [5.74, 6) is -1.02. The quantitative estimate of drug-likeness (QED) is 0.590. The monoisotopic (exact) mass is 282 g/mol. The van der Waals surface area contributed by atoms with E-state index in [0.717, 1.165) is 6.07 Å². The summed E-state index contributed by atoms with van der Waals surface area (Å²) in [4.78, 5) is 28.5. The van der Waals surface area contributed by atoms with Crippen LogP contribution in [0.3, 0.4) is 0 Å². The van der Waals surface area contributed by atoms with Crippen molar-refractivity contribution in [1.82, 2.24) is 9.88 Å². The van der Waals surface area contributed by atoms with Gasteiger partial charge in [0.25, 0.3) is 5.91 Å². The summed E-state index contributed by atoms with van der Waals surface area (Å²) in [6, 6.07) is 2.53. The number of hydrogen-bond donors (Lipinski definition) is 0. The van der Waals surface area contributed by atoms with Gasteiger partial charge < -0.3 is 9.64 Å². The third kappa shape index (κ3) is 4.95. The maximum absolute atomic E-state index is 12.8. The van der Waals surface area contributed by atoms with E-state index in [1.165, 1.54) is 19.4 Å². The van der Waals surface area contributed by atoms with E-state index in [-0.39, 0.29) is 30.8 Å². The van der Waals surface area contributed by atoms with Crippen molar-refractivity contribution in [2.24, 2.45) is 5.92 Å². The predicted octanol–water partition coefficient (Wildman–Crippen LogP) is 1.88. The zero-order valence-corrected chi connectivity index (χ0v) is 11.9. The van der Waals surface area contributed by atoms with Crippen LogP contribution in [0.15, 0.2) is 18.3 Å². The Hall–Kier alpha value is -1.98. The fourth-order valence-electron chi connectivity index (χ4n) is 1.73. The molecule has 1 aromatic rings. The Morgan fingerprint density at radius 1 is 1.40 bits per heavy atom. The average molecular weight is 282 g/mol. The second-order valence-corrected chi connectivity index (χ2v) is 4.84. The molecule has 20 heavy (non-hydrogen) atoms. The van der Waals surface area contributed by atoms with Gasteiger partial charge in [-0.15, -0.1) is 0 Å². The molecule has 0 aliphatic heterocycles. The molecule has 0 aromatic carbocycles. The van der Waals surface area contributed by atoms with Gasteiger partial charge in [-0.1, -0.05) is 13.8 Å². The van der Waals surface area contributed by atoms with Crippen molar-refractivity contribution in [1.29, 1.82) is 0 Å². The van der Waals surface area contributed by atoms with E-state index in [1.54, 1.807) is 4.90 Å². The molecule has 0 aliphatic carbocycles. The van der Waals surface area contributed by atoms with Crippen LogP contribution in [0, 0.1) is 11.9 Å². The van der Waals surface area contributed by atoms with Crippen LogP contribution in [-0.4, -0.2) is 42.0 Å². The molecule has 6 heteroatoms. The van der Waals surface area contributed by atoms with Gasteiger partial charge in [0.2, 0.25) is 5.95 Å². The normalized spacial score (nSPS) is 10.4. The molecule has 1 heterocycles. The van der Waals surface area contributed by atoms with Crippen molar-refractivity contribution in [3.63, 3.8) is 0 Å². The van der Waals surface area contributed by atoms with Crippen molar-refractivity contribution >= 4 is 11.9 Å². The number of carbonyl (C=O) groups excluding carboxylic acids is 2. The highest BCUT2D eigenvalue weighted by Crippen LogP contribution is 2.08. The predicted molar refractivity (Wildman–Crippen MR) is 71.6 cm³/mol. The lowest BCUT2D eigenvalue weighted by atomic mass is 10.1. The maximum atomic E-state index is 12.8. The maximum Gasteiger partial charge on any atom is 0.307 e. The lowest BCUT2D eigenvalue weighted by Gasteiger charge is -2.24. The molecule has 0 spiro atoms. The van der Waals surface area contributed by atoms with E-state index in [9.17, 15) is 14.0 Å². The van der Waals surface area contributed by atoms with Crippen LogP contribution in [0.5, 0.6) is 0 Å². The van der Waals surface area contributed by atoms with Gasteiger partial charge in [-0.2, -0.15) is 4.39 Å². The molecule has 1 rings (SSSR count). The summed E-state index contributed by atoms with van der Waals surface area (Å²) in [6.45, 7) is 4.72. The Labute approximate surface area is 117 Å². The van der Waals surface area contributed by atoms with E-state index in [0.29, 0.717) is 12.1 Å². The highest BCUT2D eigenvalue weighted by atomic mass is 19.1. The topological polar surface area (TPSA) is 59.5 Å². The molecule has 5 nitrogen and oxygen atoms in total. The Bertz CT molecular complexity index is 460. The zero-order valence-electron chi connectivity index (χ0n) is 11.9. The van der Waals surface area contributed by atoms with Gasteiger partial charge in [0.05, 0.1) is 19.1 Å². The number of pyridine rings is 1. The molecule has 0 N–H and O–H groups in total. The summed E-state index contributed by atoms with van der Waals surface area (Å²) in [5, 5.41) is 0. The minimum atomic E-state index is -0.633. The van der Waals surface area contributed by atoms with Crippen molar-refractivity contribution in [2.45, 2.75) is 20.3 Å². The summed E-state index contributed by atoms with van der Waals surface area (Å²) in [6.07, 6.45) is 1.33. The first-order chi connectivity index (χ1) is 9.43. The molecular weight excluding hydrogens is 263 g/mol. The molecule has 0 unspecified atom stereocenters. The van der Waals surface area contributed by atoms with Crippen molar-refractivity contribution in [2.75, 3.05) is 20.2 Å². The Morgan fingerprint density at radius 2 is 2.10 bits per heavy atom. The summed E-state index contributed by atoms with van der Waals surface area (Å²) < 4.78 is 17.3. The molecular formula is C14H19FN2O3. The van der Waals surface area contributed by atoms with Crippen LogP contribution in [0.1, 0.15) is 30.6 Å². The molecule has 0 aliphatic rings. The zero-order chi connectivity index (χ0) is 15.1. The van der Waals surface area contributed by atoms with E-state index >= 15 is 0 Å². The van der Waals surface area contributed by atoms with Crippen LogP contribution in [0.2, 0.25) is 0 Å². The van der Waals surface area contributed by atoms with E-state index in [2.05, 4.69) is 9.72 Å². The van der Waals surface area contributed by atoms with Crippen molar-refractivity contribution < 1.29 is 18.7 Å². The summed E-state index contributed by atoms with van der Waals surface area (Å²) in [7, 11) is 1.31. The summed E-state index contributed by atoms with van der Waals surface area (Å²) >= 11 is 0. The standard InChI is InChI=1S/C14H19FN2O3/c1-10(2)9-17(7-6-13(18)20-3)14(19)11-4-5-12(15)16-8-11/h4-5,8,10H,6-7,9H2,1-3H3. The Balaban J connectivity index is 2.78. The van der Waals surface area contributed by atoms with Crippen LogP contribution < -0.4 is 0 Å². The molecule has 0 fully saturated rings. The third-order valence-electron chi connectivity index (χ3n) is 2.66. The lowest BCUT2D eigenvalue weighted by Crippen LogP contribution is -2.36. The second-order valence-electron chi connectivity index (χ2n) is 4.84. The molecule has 0 saturated heterocycles. The Kier molecular flexibility index (Phi) is 6.09. The second kappa shape index (κ2) is 7.57. The molecule has 0 bridgehead atoms. The first-order valence-electron chi connectivity index (χ1n) is 6.41. The van der Waals surface area contributed by atoms with Gasteiger partial charge >= 0.3 is 5.97 Å². The number of amides is 1. The van der Waals surface area contributed by atoms with E-state index in [1.807, 2.05) is 13.8 Å². The largest absolute Gasteiger partial charge is 0.469 e. The SMILES string of the molecule is COC(=O)CCN(CC(C)C)C(=O)c1ccc(F)nc1. The van der Waals surface area contributed by atoms with Gasteiger partial charge in [-0.3, -0.25) is 9.59 Å². The summed E-state index contributed by atoms with van der Waals surface area (Å²) in [5.41, 5.74) is 0.303. The molecule has 0 radical (unpaired) electrons. The fourth-order valence-corrected chi connectivity index (χ4v) is 1.73. The van der Waals surface area contributed by atoms with E-state index < -0.39 is 5.95 Å². The van der Waals surface area contributed by atoms with E-state index in [4.69, 9.17) is 0 Å².